The molecule has 0 spiro atoms. The third-order valence-corrected chi connectivity index (χ3v) is 16.9. The van der Waals surface area contributed by atoms with E-state index < -0.39 is 46.3 Å². The van der Waals surface area contributed by atoms with Crippen molar-refractivity contribution < 1.29 is 30.7 Å². The second kappa shape index (κ2) is 20.9. The minimum Gasteiger partial charge on any atom is -0.375 e. The molecule has 0 unspecified atom stereocenters. The minimum absolute atomic E-state index is 0.00382. The summed E-state index contributed by atoms with van der Waals surface area (Å²) in [5, 5.41) is 50.5. The van der Waals surface area contributed by atoms with Crippen LogP contribution in [0.25, 0.3) is 82.6 Å². The van der Waals surface area contributed by atoms with E-state index in [2.05, 4.69) is 71.2 Å². The van der Waals surface area contributed by atoms with Gasteiger partial charge in [-0.1, -0.05) is 11.3 Å². The fourth-order valence-electron chi connectivity index (χ4n) is 11.0. The van der Waals surface area contributed by atoms with E-state index in [1.165, 1.54) is 62.6 Å². The van der Waals surface area contributed by atoms with Crippen molar-refractivity contribution in [3.63, 3.8) is 0 Å². The fraction of sp³-hybridized carbons (Fsp3) is 0.233. The summed E-state index contributed by atoms with van der Waals surface area (Å²) in [6.07, 6.45) is 25.6. The van der Waals surface area contributed by atoms with Gasteiger partial charge >= 0.3 is 11.8 Å². The van der Waals surface area contributed by atoms with Crippen molar-refractivity contribution >= 4 is 65.6 Å². The van der Waals surface area contributed by atoms with Crippen LogP contribution < -0.4 is 5.73 Å². The van der Waals surface area contributed by atoms with E-state index in [0.29, 0.717) is 78.7 Å². The van der Waals surface area contributed by atoms with Gasteiger partial charge in [0.1, 0.15) is 17.5 Å². The summed E-state index contributed by atoms with van der Waals surface area (Å²) >= 11 is 1.33. The predicted octanol–water partition coefficient (Wildman–Crippen LogP) is 10.8. The van der Waals surface area contributed by atoms with Gasteiger partial charge < -0.3 is 5.73 Å². The predicted molar refractivity (Wildman–Crippen MR) is 317 cm³/mol. The Bertz CT molecular complexity index is 5120. The van der Waals surface area contributed by atoms with Crippen molar-refractivity contribution in [2.24, 2.45) is 14.1 Å². The number of halogens is 7. The van der Waals surface area contributed by atoms with Crippen LogP contribution in [0.1, 0.15) is 90.8 Å². The number of alkyl halides is 4. The first-order valence-electron chi connectivity index (χ1n) is 28.7. The molecule has 0 amide bonds. The SMILES string of the molecule is Cn1cc2cc(C(F)(F)c3nnc4ccc(-c5cnn(C6CC6)c5)cn34)c(F)cc2n1.Cn1cc2cc(C(F)(F)c3nnc4ncc(-c5cnn(C6CC6)c5)cn34)c(F)cc2n1.Nc1nc2cc(F)c(Cc3nnc4ccc(-c5cnn(C6CC6)c5)nn34)cc2s1. The van der Waals surface area contributed by atoms with Gasteiger partial charge in [0.05, 0.1) is 74.8 Å². The number of hydrogen-bond donors (Lipinski definition) is 1. The molecule has 12 aromatic heterocycles. The van der Waals surface area contributed by atoms with Gasteiger partial charge in [-0.25, -0.2) is 23.1 Å². The number of nitrogens with zero attached hydrogens (tertiary/aromatic N) is 22. The van der Waals surface area contributed by atoms with Crippen molar-refractivity contribution in [3.05, 3.63) is 180 Å². The Balaban J connectivity index is 0.000000109. The quantitative estimate of drug-likeness (QED) is 0.112. The Morgan fingerprint density at radius 2 is 1.04 bits per heavy atom. The van der Waals surface area contributed by atoms with E-state index in [-0.39, 0.29) is 23.7 Å². The van der Waals surface area contributed by atoms with Crippen LogP contribution in [0.4, 0.5) is 35.9 Å². The number of thiazole rings is 1. The maximum atomic E-state index is 15.5. The second-order valence-electron chi connectivity index (χ2n) is 22.8. The molecule has 23 nitrogen and oxygen atoms in total. The molecular formula is C60H46F7N23S. The number of pyridine rings is 1. The monoisotopic (exact) mass is 1250 g/mol. The normalized spacial score (nSPS) is 14.6. The average molecular weight is 1250 g/mol. The van der Waals surface area contributed by atoms with Crippen LogP contribution in [0.3, 0.4) is 0 Å². The Hall–Kier alpha value is -10.9. The lowest BCUT2D eigenvalue weighted by atomic mass is 10.0. The zero-order chi connectivity index (χ0) is 62.2. The van der Waals surface area contributed by atoms with Gasteiger partial charge in [-0.05, 0) is 86.6 Å². The van der Waals surface area contributed by atoms with Crippen LogP contribution >= 0.6 is 11.3 Å². The van der Waals surface area contributed by atoms with Gasteiger partial charge in [0.2, 0.25) is 11.6 Å². The summed E-state index contributed by atoms with van der Waals surface area (Å²) in [6, 6.07) is 15.9. The van der Waals surface area contributed by atoms with Crippen molar-refractivity contribution in [2.45, 2.75) is 74.9 Å². The molecule has 18 rings (SSSR count). The Morgan fingerprint density at radius 1 is 0.516 bits per heavy atom. The smallest absolute Gasteiger partial charge is 0.335 e. The third kappa shape index (κ3) is 10.2. The van der Waals surface area contributed by atoms with Crippen molar-refractivity contribution in [1.82, 2.24) is 108 Å². The average Bonchev–Trinajstić information content (AvgIpc) is 1.71. The maximum absolute atomic E-state index is 15.5. The Labute approximate surface area is 510 Å². The minimum atomic E-state index is -3.74. The molecule has 0 radical (unpaired) electrons. The van der Waals surface area contributed by atoms with E-state index >= 15 is 17.6 Å². The molecule has 3 aliphatic rings. The third-order valence-electron chi connectivity index (χ3n) is 16.1. The zero-order valence-electron chi connectivity index (χ0n) is 47.8. The highest BCUT2D eigenvalue weighted by atomic mass is 32.1. The summed E-state index contributed by atoms with van der Waals surface area (Å²) < 4.78 is 119. The molecule has 15 aromatic rings. The van der Waals surface area contributed by atoms with Crippen molar-refractivity contribution in [2.75, 3.05) is 5.73 Å². The van der Waals surface area contributed by atoms with Gasteiger partial charge in [0.15, 0.2) is 22.3 Å². The lowest BCUT2D eigenvalue weighted by Crippen LogP contribution is -2.21. The maximum Gasteiger partial charge on any atom is 0.335 e. The van der Waals surface area contributed by atoms with Crippen molar-refractivity contribution in [1.29, 1.82) is 0 Å². The molecular weight excluding hydrogens is 1210 g/mol. The number of anilines is 1. The lowest BCUT2D eigenvalue weighted by molar-refractivity contribution is 0.0276. The number of aromatic nitrogens is 22. The lowest BCUT2D eigenvalue weighted by Gasteiger charge is -2.16. The van der Waals surface area contributed by atoms with Gasteiger partial charge in [-0.15, -0.1) is 30.6 Å². The van der Waals surface area contributed by atoms with Crippen LogP contribution in [0.5, 0.6) is 0 Å². The van der Waals surface area contributed by atoms with E-state index in [9.17, 15) is 13.2 Å². The van der Waals surface area contributed by atoms with E-state index in [4.69, 9.17) is 5.73 Å². The van der Waals surface area contributed by atoms with Gasteiger partial charge in [-0.3, -0.25) is 32.2 Å². The highest BCUT2D eigenvalue weighted by molar-refractivity contribution is 7.22. The van der Waals surface area contributed by atoms with Gasteiger partial charge in [-0.2, -0.15) is 52.7 Å². The molecule has 2 N–H and O–H groups in total. The number of benzene rings is 3. The molecule has 0 bridgehead atoms. The van der Waals surface area contributed by atoms with Crippen LogP contribution in [-0.4, -0.2) is 108 Å². The first kappa shape index (κ1) is 55.5. The van der Waals surface area contributed by atoms with Crippen LogP contribution in [0.2, 0.25) is 0 Å². The molecule has 3 aliphatic carbocycles. The highest BCUT2D eigenvalue weighted by Crippen LogP contribution is 2.42. The number of nitrogen functional groups attached to an aromatic ring is 1. The molecule has 0 saturated heterocycles. The molecule has 3 saturated carbocycles. The van der Waals surface area contributed by atoms with E-state index in [0.717, 1.165) is 81.4 Å². The summed E-state index contributed by atoms with van der Waals surface area (Å²) in [4.78, 5) is 8.27. The summed E-state index contributed by atoms with van der Waals surface area (Å²) in [7, 11) is 3.29. The molecule has 456 valence electrons. The number of hydrogen-bond acceptors (Lipinski definition) is 16. The Kier molecular flexibility index (Phi) is 12.7. The van der Waals surface area contributed by atoms with Crippen molar-refractivity contribution in [3.8, 4) is 33.5 Å². The van der Waals surface area contributed by atoms with E-state index in [1.54, 1.807) is 61.6 Å². The highest BCUT2D eigenvalue weighted by Gasteiger charge is 2.44. The van der Waals surface area contributed by atoms with Gasteiger partial charge in [0, 0.05) is 127 Å². The molecule has 31 heteroatoms. The zero-order valence-corrected chi connectivity index (χ0v) is 48.6. The topological polar surface area (TPSA) is 244 Å². The number of rotatable bonds is 12. The van der Waals surface area contributed by atoms with E-state index in [1.807, 2.05) is 51.0 Å². The number of aryl methyl sites for hydroxylation is 2. The molecule has 3 aromatic carbocycles. The molecule has 12 heterocycles. The second-order valence-corrected chi connectivity index (χ2v) is 23.9. The summed E-state index contributed by atoms with van der Waals surface area (Å²) in [5.41, 5.74) is 11.2. The van der Waals surface area contributed by atoms with Crippen LogP contribution in [-0.2, 0) is 32.4 Å². The summed E-state index contributed by atoms with van der Waals surface area (Å²) in [5.74, 6) is -10.7. The van der Waals surface area contributed by atoms with Crippen LogP contribution in [0, 0.1) is 17.5 Å². The standard InChI is InChI=1S/C21H16F3N7.C20H15F3N8.C19H15FN8S/c1-29-9-13-6-16(17(22)7-18(13)28-29)21(23,24)20-27-26-19-5-2-12(10-30(19)20)14-8-25-31(11-14)15-3-4-15;1-29-8-11-4-15(16(21)5-17(11)28-29)20(22,23)18-26-27-19-24-6-12(9-30(18)19)13-7-25-31(10-13)14-2-3-14;20-13-7-15-16(29-19(21)23-15)5-10(13)6-18-25-24-17-4-3-14(26-28(17)18)11-8-22-27(9-11)12-1-2-12/h2,5-11,15H,3-4H2,1H3;4-10,14H,2-3H2,1H3;3-5,7-9,12H,1-2,6H2,(H2,21,23). The Morgan fingerprint density at radius 3 is 1.67 bits per heavy atom. The molecule has 0 aliphatic heterocycles. The molecule has 91 heavy (non-hydrogen) atoms. The first-order valence-corrected chi connectivity index (χ1v) is 29.5. The summed E-state index contributed by atoms with van der Waals surface area (Å²) in [6.45, 7) is 0. The number of fused-ring (bicyclic) bond motifs is 6. The van der Waals surface area contributed by atoms with Crippen LogP contribution in [0.15, 0.2) is 129 Å². The largest absolute Gasteiger partial charge is 0.375 e. The number of nitrogens with two attached hydrogens (primary N) is 1. The fourth-order valence-corrected chi connectivity index (χ4v) is 11.7. The van der Waals surface area contributed by atoms with Gasteiger partial charge in [0.25, 0.3) is 5.78 Å². The molecule has 3 fully saturated rings. The first-order chi connectivity index (χ1) is 43.9. The molecule has 0 atom stereocenters.